The highest BCUT2D eigenvalue weighted by Crippen LogP contribution is 2.35. The fourth-order valence-electron chi connectivity index (χ4n) is 4.86. The van der Waals surface area contributed by atoms with Crippen LogP contribution in [0, 0.1) is 0 Å². The normalized spacial score (nSPS) is 14.5. The Hall–Kier alpha value is -3.74. The molecule has 0 spiro atoms. The van der Waals surface area contributed by atoms with Gasteiger partial charge in [0.2, 0.25) is 5.95 Å². The van der Waals surface area contributed by atoms with Gasteiger partial charge in [-0.15, -0.1) is 0 Å². The summed E-state index contributed by atoms with van der Waals surface area (Å²) in [5, 5.41) is 9.92. The molecular formula is C30H45N9O3. The number of ether oxygens (including phenoxy) is 2. The van der Waals surface area contributed by atoms with Crippen molar-refractivity contribution in [3.05, 3.63) is 30.5 Å². The van der Waals surface area contributed by atoms with Crippen molar-refractivity contribution in [3.8, 4) is 22.6 Å². The number of nitrogens with zero attached hydrogens (tertiary/aromatic N) is 5. The fraction of sp³-hybridized carbons (Fsp3) is 0.533. The molecule has 3 heterocycles. The van der Waals surface area contributed by atoms with Crippen LogP contribution in [0.1, 0.15) is 33.6 Å². The minimum atomic E-state index is -0.419. The summed E-state index contributed by atoms with van der Waals surface area (Å²) in [5.41, 5.74) is 7.17. The van der Waals surface area contributed by atoms with Gasteiger partial charge in [0.05, 0.1) is 14.2 Å². The molecule has 3 aromatic rings. The maximum atomic E-state index is 12.9. The molecule has 0 saturated carbocycles. The molecule has 2 aromatic heterocycles. The highest BCUT2D eigenvalue weighted by Gasteiger charge is 2.19. The molecule has 1 aliphatic rings. The molecule has 228 valence electrons. The van der Waals surface area contributed by atoms with Gasteiger partial charge in [-0.25, -0.2) is 14.8 Å². The average Bonchev–Trinajstić information content (AvgIpc) is 2.97. The molecule has 2 amide bonds. The number of urea groups is 1. The Bertz CT molecular complexity index is 1320. The zero-order chi connectivity index (χ0) is 30.1. The van der Waals surface area contributed by atoms with Crippen LogP contribution < -0.4 is 31.2 Å². The van der Waals surface area contributed by atoms with Crippen LogP contribution in [0.15, 0.2) is 30.5 Å². The van der Waals surface area contributed by atoms with E-state index in [2.05, 4.69) is 35.7 Å². The van der Waals surface area contributed by atoms with Crippen LogP contribution in [0.5, 0.6) is 11.5 Å². The van der Waals surface area contributed by atoms with Crippen molar-refractivity contribution in [1.82, 2.24) is 30.1 Å². The number of aromatic nitrogens is 3. The summed E-state index contributed by atoms with van der Waals surface area (Å²) in [7, 11) is 3.19. The van der Waals surface area contributed by atoms with Gasteiger partial charge in [0.15, 0.2) is 5.65 Å². The molecule has 0 aliphatic carbocycles. The third-order valence-corrected chi connectivity index (χ3v) is 7.03. The van der Waals surface area contributed by atoms with Crippen LogP contribution in [0.3, 0.4) is 0 Å². The first-order chi connectivity index (χ1) is 20.2. The highest BCUT2D eigenvalue weighted by atomic mass is 16.5. The number of methoxy groups -OCH3 is 2. The summed E-state index contributed by atoms with van der Waals surface area (Å²) in [4.78, 5) is 31.8. The lowest BCUT2D eigenvalue weighted by atomic mass is 10.0. The summed E-state index contributed by atoms with van der Waals surface area (Å²) in [6, 6.07) is 7.09. The summed E-state index contributed by atoms with van der Waals surface area (Å²) in [6.45, 7) is 13.7. The predicted molar refractivity (Wildman–Crippen MR) is 167 cm³/mol. The highest BCUT2D eigenvalue weighted by molar-refractivity contribution is 5.96. The van der Waals surface area contributed by atoms with E-state index in [9.17, 15) is 4.79 Å². The number of nitrogens with two attached hydrogens (primary N) is 1. The van der Waals surface area contributed by atoms with Gasteiger partial charge in [-0.2, -0.15) is 4.98 Å². The van der Waals surface area contributed by atoms with E-state index >= 15 is 0 Å². The lowest BCUT2D eigenvalue weighted by Gasteiger charge is -2.34. The number of hydrogen-bond donors (Lipinski definition) is 4. The van der Waals surface area contributed by atoms with Gasteiger partial charge in [0, 0.05) is 61.5 Å². The van der Waals surface area contributed by atoms with Crippen molar-refractivity contribution in [2.24, 2.45) is 5.73 Å². The summed E-state index contributed by atoms with van der Waals surface area (Å²) in [5.74, 6) is 2.12. The van der Waals surface area contributed by atoms with Gasteiger partial charge in [0.25, 0.3) is 0 Å². The molecule has 0 atom stereocenters. The van der Waals surface area contributed by atoms with Gasteiger partial charge in [-0.3, -0.25) is 5.32 Å². The molecule has 42 heavy (non-hydrogen) atoms. The molecule has 5 N–H and O–H groups in total. The lowest BCUT2D eigenvalue weighted by molar-refractivity contribution is 0.132. The zero-order valence-electron chi connectivity index (χ0n) is 25.5. The SMILES string of the molecule is COc1cc(OC)cc(-c2cc3cnc(NCCCN4CCN(CCCN)CC4)nc3nc2NC(=O)NC(C)(C)C)c1. The molecule has 0 unspecified atom stereocenters. The molecule has 1 aliphatic heterocycles. The molecule has 4 rings (SSSR count). The molecular weight excluding hydrogens is 534 g/mol. The maximum Gasteiger partial charge on any atom is 0.320 e. The van der Waals surface area contributed by atoms with Crippen LogP contribution in [0.4, 0.5) is 16.6 Å². The van der Waals surface area contributed by atoms with Gasteiger partial charge in [-0.1, -0.05) is 0 Å². The molecule has 0 radical (unpaired) electrons. The third kappa shape index (κ3) is 8.88. The molecule has 1 fully saturated rings. The monoisotopic (exact) mass is 579 g/mol. The smallest absolute Gasteiger partial charge is 0.320 e. The number of anilines is 2. The van der Waals surface area contributed by atoms with Gasteiger partial charge in [-0.05, 0) is 77.0 Å². The summed E-state index contributed by atoms with van der Waals surface area (Å²) >= 11 is 0. The second kappa shape index (κ2) is 14.4. The standard InChI is InChI=1S/C30H45N9O3/c1-30(2,3)37-29(40)36-27-25(21-16-23(41-4)19-24(17-21)42-5)18-22-20-33-28(35-26(22)34-27)32-9-7-11-39-14-12-38(13-15-39)10-6-8-31/h16-20H,6-15,31H2,1-5H3,(H3,32,33,34,35,36,37,40). The minimum Gasteiger partial charge on any atom is -0.497 e. The van der Waals surface area contributed by atoms with E-state index in [-0.39, 0.29) is 6.03 Å². The first-order valence-corrected chi connectivity index (χ1v) is 14.6. The first kappa shape index (κ1) is 31.2. The molecule has 12 heteroatoms. The van der Waals surface area contributed by atoms with Crippen molar-refractivity contribution in [1.29, 1.82) is 0 Å². The predicted octanol–water partition coefficient (Wildman–Crippen LogP) is 3.40. The molecule has 12 nitrogen and oxygen atoms in total. The number of fused-ring (bicyclic) bond motifs is 1. The summed E-state index contributed by atoms with van der Waals surface area (Å²) < 4.78 is 10.9. The van der Waals surface area contributed by atoms with E-state index in [4.69, 9.17) is 20.2 Å². The Morgan fingerprint density at radius 3 is 2.19 bits per heavy atom. The van der Waals surface area contributed by atoms with Crippen LogP contribution in [-0.4, -0.2) is 103 Å². The number of benzene rings is 1. The Kier molecular flexibility index (Phi) is 10.7. The van der Waals surface area contributed by atoms with E-state index in [1.807, 2.05) is 39.0 Å². The van der Waals surface area contributed by atoms with Crippen molar-refractivity contribution in [2.45, 2.75) is 39.2 Å². The van der Waals surface area contributed by atoms with E-state index in [0.29, 0.717) is 34.5 Å². The Balaban J connectivity index is 1.48. The Morgan fingerprint density at radius 1 is 0.952 bits per heavy atom. The van der Waals surface area contributed by atoms with Gasteiger partial charge >= 0.3 is 6.03 Å². The second-order valence-electron chi connectivity index (χ2n) is 11.5. The van der Waals surface area contributed by atoms with Gasteiger partial charge < -0.3 is 35.6 Å². The minimum absolute atomic E-state index is 0.363. The topological polar surface area (TPSA) is 143 Å². The van der Waals surface area contributed by atoms with Crippen molar-refractivity contribution in [3.63, 3.8) is 0 Å². The van der Waals surface area contributed by atoms with Crippen molar-refractivity contribution >= 4 is 28.8 Å². The number of hydrogen-bond acceptors (Lipinski definition) is 10. The quantitative estimate of drug-likeness (QED) is 0.236. The number of amides is 2. The summed E-state index contributed by atoms with van der Waals surface area (Å²) in [6.07, 6.45) is 3.79. The number of piperazine rings is 1. The Morgan fingerprint density at radius 2 is 1.60 bits per heavy atom. The zero-order valence-corrected chi connectivity index (χ0v) is 25.5. The average molecular weight is 580 g/mol. The number of carbonyl (C=O) groups excluding carboxylic acids is 1. The number of carbonyl (C=O) groups is 1. The third-order valence-electron chi connectivity index (χ3n) is 7.03. The van der Waals surface area contributed by atoms with E-state index < -0.39 is 5.54 Å². The maximum absolute atomic E-state index is 12.9. The number of rotatable bonds is 12. The number of nitrogens with one attached hydrogen (secondary N) is 3. The second-order valence-corrected chi connectivity index (χ2v) is 11.5. The van der Waals surface area contributed by atoms with Crippen molar-refractivity contribution in [2.75, 3.05) is 77.2 Å². The van der Waals surface area contributed by atoms with E-state index in [1.165, 1.54) is 0 Å². The van der Waals surface area contributed by atoms with Crippen LogP contribution >= 0.6 is 0 Å². The molecule has 1 aromatic carbocycles. The Labute approximate surface area is 248 Å². The van der Waals surface area contributed by atoms with Crippen LogP contribution in [-0.2, 0) is 0 Å². The first-order valence-electron chi connectivity index (χ1n) is 14.6. The number of pyridine rings is 1. The van der Waals surface area contributed by atoms with Crippen LogP contribution in [0.2, 0.25) is 0 Å². The molecule has 1 saturated heterocycles. The van der Waals surface area contributed by atoms with E-state index in [1.54, 1.807) is 26.5 Å². The van der Waals surface area contributed by atoms with Gasteiger partial charge in [0.1, 0.15) is 17.3 Å². The molecule has 0 bridgehead atoms. The fourth-order valence-corrected chi connectivity index (χ4v) is 4.86. The largest absolute Gasteiger partial charge is 0.497 e. The van der Waals surface area contributed by atoms with Crippen LogP contribution in [0.25, 0.3) is 22.2 Å². The van der Waals surface area contributed by atoms with E-state index in [0.717, 1.165) is 76.1 Å². The van der Waals surface area contributed by atoms with Crippen molar-refractivity contribution < 1.29 is 14.3 Å². The lowest BCUT2D eigenvalue weighted by Crippen LogP contribution is -2.47.